The number of rotatable bonds is 1. The third kappa shape index (κ3) is 1.01. The van der Waals surface area contributed by atoms with Crippen LogP contribution in [-0.2, 0) is 5.41 Å². The first-order valence-corrected chi connectivity index (χ1v) is 5.99. The van der Waals surface area contributed by atoms with Crippen LogP contribution in [0.1, 0.15) is 30.7 Å². The molecule has 4 heteroatoms. The van der Waals surface area contributed by atoms with E-state index < -0.39 is 0 Å². The number of hydrogen-bond acceptors (Lipinski definition) is 3. The minimum Gasteiger partial charge on any atom is -0.293 e. The number of aromatic nitrogens is 2. The van der Waals surface area contributed by atoms with E-state index in [-0.39, 0.29) is 5.41 Å². The summed E-state index contributed by atoms with van der Waals surface area (Å²) in [7, 11) is 0. The molecule has 2 heterocycles. The molecule has 2 aromatic rings. The van der Waals surface area contributed by atoms with E-state index in [1.54, 1.807) is 11.3 Å². The highest BCUT2D eigenvalue weighted by atomic mass is 32.1. The van der Waals surface area contributed by atoms with Crippen molar-refractivity contribution >= 4 is 16.3 Å². The molecular weight excluding hydrogens is 206 g/mol. The second-order valence-corrected chi connectivity index (χ2v) is 5.02. The Morgan fingerprint density at radius 1 is 1.60 bits per heavy atom. The Balaban J connectivity index is 2.29. The van der Waals surface area contributed by atoms with Crippen molar-refractivity contribution in [1.29, 1.82) is 5.26 Å². The average Bonchev–Trinajstić information content (AvgIpc) is 2.67. The maximum absolute atomic E-state index is 9.34. The van der Waals surface area contributed by atoms with Gasteiger partial charge in [-0.3, -0.25) is 4.40 Å². The fraction of sp³-hybridized carbons (Fsp3) is 0.455. The fourth-order valence-corrected chi connectivity index (χ4v) is 3.16. The second kappa shape index (κ2) is 2.83. The van der Waals surface area contributed by atoms with Crippen LogP contribution in [0.15, 0.2) is 11.6 Å². The standard InChI is InChI=1S/C11H11N3S/c1-8-9(11(7-12)3-2-4-11)14-5-6-15-10(14)13-8/h5-6H,2-4H2,1H3. The van der Waals surface area contributed by atoms with E-state index in [0.717, 1.165) is 35.6 Å². The number of aryl methyl sites for hydroxylation is 1. The lowest BCUT2D eigenvalue weighted by atomic mass is 9.67. The summed E-state index contributed by atoms with van der Waals surface area (Å²) in [5.41, 5.74) is 1.88. The van der Waals surface area contributed by atoms with Gasteiger partial charge in [-0.25, -0.2) is 4.98 Å². The van der Waals surface area contributed by atoms with Gasteiger partial charge in [0.25, 0.3) is 0 Å². The summed E-state index contributed by atoms with van der Waals surface area (Å²) in [5.74, 6) is 0. The average molecular weight is 217 g/mol. The first-order chi connectivity index (χ1) is 7.27. The third-order valence-electron chi connectivity index (χ3n) is 3.31. The van der Waals surface area contributed by atoms with Gasteiger partial charge in [0, 0.05) is 11.6 Å². The van der Waals surface area contributed by atoms with E-state index in [1.165, 1.54) is 0 Å². The molecule has 0 aromatic carbocycles. The van der Waals surface area contributed by atoms with Gasteiger partial charge in [0.1, 0.15) is 0 Å². The molecule has 3 rings (SSSR count). The quantitative estimate of drug-likeness (QED) is 0.736. The highest BCUT2D eigenvalue weighted by Crippen LogP contribution is 2.44. The Morgan fingerprint density at radius 2 is 2.40 bits per heavy atom. The van der Waals surface area contributed by atoms with Crippen molar-refractivity contribution in [2.45, 2.75) is 31.6 Å². The van der Waals surface area contributed by atoms with Gasteiger partial charge in [0.2, 0.25) is 0 Å². The molecule has 76 valence electrons. The molecule has 0 aliphatic heterocycles. The molecule has 0 bridgehead atoms. The molecule has 0 N–H and O–H groups in total. The lowest BCUT2D eigenvalue weighted by Crippen LogP contribution is -2.34. The minimum absolute atomic E-state index is 0.259. The van der Waals surface area contributed by atoms with Crippen LogP contribution in [0.4, 0.5) is 0 Å². The summed E-state index contributed by atoms with van der Waals surface area (Å²) in [6, 6.07) is 2.48. The van der Waals surface area contributed by atoms with Crippen molar-refractivity contribution in [2.75, 3.05) is 0 Å². The highest BCUT2D eigenvalue weighted by molar-refractivity contribution is 7.15. The minimum atomic E-state index is -0.259. The molecular formula is C11H11N3S. The first kappa shape index (κ1) is 8.93. The van der Waals surface area contributed by atoms with Crippen molar-refractivity contribution in [2.24, 2.45) is 0 Å². The van der Waals surface area contributed by atoms with Crippen LogP contribution in [0, 0.1) is 18.3 Å². The second-order valence-electron chi connectivity index (χ2n) is 4.15. The number of fused-ring (bicyclic) bond motifs is 1. The lowest BCUT2D eigenvalue weighted by Gasteiger charge is -2.35. The molecule has 3 nitrogen and oxygen atoms in total. The van der Waals surface area contributed by atoms with Crippen LogP contribution < -0.4 is 0 Å². The van der Waals surface area contributed by atoms with Crippen LogP contribution in [0.3, 0.4) is 0 Å². The zero-order chi connectivity index (χ0) is 10.5. The summed E-state index contributed by atoms with van der Waals surface area (Å²) < 4.78 is 2.09. The van der Waals surface area contributed by atoms with Crippen LogP contribution in [0.2, 0.25) is 0 Å². The molecule has 1 aliphatic carbocycles. The van der Waals surface area contributed by atoms with Gasteiger partial charge >= 0.3 is 0 Å². The summed E-state index contributed by atoms with van der Waals surface area (Å²) in [4.78, 5) is 5.50. The number of hydrogen-bond donors (Lipinski definition) is 0. The Kier molecular flexibility index (Phi) is 1.68. The van der Waals surface area contributed by atoms with Gasteiger partial charge in [-0.1, -0.05) is 0 Å². The predicted molar refractivity (Wildman–Crippen MR) is 58.9 cm³/mol. The van der Waals surface area contributed by atoms with Crippen LogP contribution in [0.25, 0.3) is 4.96 Å². The number of imidazole rings is 1. The Hall–Kier alpha value is -1.34. The van der Waals surface area contributed by atoms with Crippen molar-refractivity contribution in [3.63, 3.8) is 0 Å². The van der Waals surface area contributed by atoms with Crippen molar-refractivity contribution in [1.82, 2.24) is 9.38 Å². The SMILES string of the molecule is Cc1nc2sccn2c1C1(C#N)CCC1. The molecule has 1 fully saturated rings. The Labute approximate surface area is 92.0 Å². The molecule has 2 aromatic heterocycles. The molecule has 0 amide bonds. The zero-order valence-corrected chi connectivity index (χ0v) is 9.34. The van der Waals surface area contributed by atoms with Gasteiger partial charge in [-0.2, -0.15) is 5.26 Å². The van der Waals surface area contributed by atoms with E-state index >= 15 is 0 Å². The predicted octanol–water partition coefficient (Wildman–Crippen LogP) is 2.65. The molecule has 0 unspecified atom stereocenters. The number of thiazole rings is 1. The molecule has 0 saturated heterocycles. The first-order valence-electron chi connectivity index (χ1n) is 5.11. The fourth-order valence-electron chi connectivity index (χ4n) is 2.40. The number of nitriles is 1. The Morgan fingerprint density at radius 3 is 3.00 bits per heavy atom. The summed E-state index contributed by atoms with van der Waals surface area (Å²) in [6.45, 7) is 2.01. The maximum atomic E-state index is 9.34. The number of nitrogens with zero attached hydrogens (tertiary/aromatic N) is 3. The van der Waals surface area contributed by atoms with Gasteiger partial charge in [0.05, 0.1) is 22.9 Å². The maximum Gasteiger partial charge on any atom is 0.194 e. The van der Waals surface area contributed by atoms with E-state index in [9.17, 15) is 5.26 Å². The molecule has 1 aliphatic rings. The van der Waals surface area contributed by atoms with E-state index in [2.05, 4.69) is 15.5 Å². The molecule has 0 spiro atoms. The molecule has 1 saturated carbocycles. The summed E-state index contributed by atoms with van der Waals surface area (Å²) in [5, 5.41) is 11.4. The largest absolute Gasteiger partial charge is 0.293 e. The molecule has 15 heavy (non-hydrogen) atoms. The Bertz CT molecular complexity index is 554. The summed E-state index contributed by atoms with van der Waals surface area (Å²) >= 11 is 1.63. The third-order valence-corrected chi connectivity index (χ3v) is 4.07. The lowest BCUT2D eigenvalue weighted by molar-refractivity contribution is 0.313. The molecule has 0 radical (unpaired) electrons. The van der Waals surface area contributed by atoms with E-state index in [4.69, 9.17) is 0 Å². The molecule has 0 atom stereocenters. The van der Waals surface area contributed by atoms with Crippen LogP contribution >= 0.6 is 11.3 Å². The van der Waals surface area contributed by atoms with Crippen molar-refractivity contribution in [3.8, 4) is 6.07 Å². The monoisotopic (exact) mass is 217 g/mol. The normalized spacial score (nSPS) is 18.7. The summed E-state index contributed by atoms with van der Waals surface area (Å²) in [6.07, 6.45) is 5.14. The van der Waals surface area contributed by atoms with Gasteiger partial charge in [0.15, 0.2) is 4.96 Å². The zero-order valence-electron chi connectivity index (χ0n) is 8.53. The highest BCUT2D eigenvalue weighted by Gasteiger charge is 2.42. The topological polar surface area (TPSA) is 41.1 Å². The van der Waals surface area contributed by atoms with Gasteiger partial charge in [-0.15, -0.1) is 11.3 Å². The van der Waals surface area contributed by atoms with Crippen molar-refractivity contribution in [3.05, 3.63) is 23.0 Å². The van der Waals surface area contributed by atoms with E-state index in [1.807, 2.05) is 18.5 Å². The van der Waals surface area contributed by atoms with E-state index in [0.29, 0.717) is 0 Å². The smallest absolute Gasteiger partial charge is 0.194 e. The van der Waals surface area contributed by atoms with Gasteiger partial charge < -0.3 is 0 Å². The van der Waals surface area contributed by atoms with Crippen LogP contribution in [0.5, 0.6) is 0 Å². The van der Waals surface area contributed by atoms with Crippen LogP contribution in [-0.4, -0.2) is 9.38 Å². The van der Waals surface area contributed by atoms with Crippen molar-refractivity contribution < 1.29 is 0 Å². The van der Waals surface area contributed by atoms with Gasteiger partial charge in [-0.05, 0) is 26.2 Å².